The minimum Gasteiger partial charge on any atom is -0.388 e. The fraction of sp³-hybridized carbons (Fsp3) is 0.500. The molecule has 0 saturated carbocycles. The standard InChI is InChI=1S/C12H16ClFO/c1-3-8(4-2)12(15)10-6-5-9(13)7-11(10)14/h5-8,12,15H,3-4H2,1-2H3. The van der Waals surface area contributed by atoms with Gasteiger partial charge >= 0.3 is 0 Å². The van der Waals surface area contributed by atoms with Gasteiger partial charge in [0.05, 0.1) is 6.10 Å². The van der Waals surface area contributed by atoms with Crippen molar-refractivity contribution in [2.24, 2.45) is 5.92 Å². The summed E-state index contributed by atoms with van der Waals surface area (Å²) in [5, 5.41) is 10.3. The Morgan fingerprint density at radius 1 is 1.33 bits per heavy atom. The molecule has 1 nitrogen and oxygen atoms in total. The second-order valence-electron chi connectivity index (χ2n) is 3.69. The summed E-state index contributed by atoms with van der Waals surface area (Å²) in [6.45, 7) is 3.98. The van der Waals surface area contributed by atoms with Crippen molar-refractivity contribution in [2.75, 3.05) is 0 Å². The van der Waals surface area contributed by atoms with Gasteiger partial charge in [-0.15, -0.1) is 0 Å². The van der Waals surface area contributed by atoms with Crippen LogP contribution in [0.5, 0.6) is 0 Å². The molecule has 0 aliphatic rings. The largest absolute Gasteiger partial charge is 0.388 e. The van der Waals surface area contributed by atoms with Gasteiger partial charge in [-0.25, -0.2) is 4.39 Å². The molecule has 0 fully saturated rings. The first kappa shape index (κ1) is 12.5. The number of hydrogen-bond donors (Lipinski definition) is 1. The number of rotatable bonds is 4. The van der Waals surface area contributed by atoms with Gasteiger partial charge in [-0.05, 0) is 18.1 Å². The molecule has 0 spiro atoms. The van der Waals surface area contributed by atoms with Gasteiger partial charge in [0, 0.05) is 10.6 Å². The smallest absolute Gasteiger partial charge is 0.130 e. The van der Waals surface area contributed by atoms with Crippen LogP contribution in [0.3, 0.4) is 0 Å². The topological polar surface area (TPSA) is 20.2 Å². The van der Waals surface area contributed by atoms with E-state index in [4.69, 9.17) is 11.6 Å². The van der Waals surface area contributed by atoms with E-state index in [0.717, 1.165) is 12.8 Å². The molecule has 1 atom stereocenters. The molecule has 0 radical (unpaired) electrons. The summed E-state index contributed by atoms with van der Waals surface area (Å²) in [6.07, 6.45) is 0.927. The highest BCUT2D eigenvalue weighted by molar-refractivity contribution is 6.30. The lowest BCUT2D eigenvalue weighted by Crippen LogP contribution is -2.12. The molecule has 15 heavy (non-hydrogen) atoms. The highest BCUT2D eigenvalue weighted by Gasteiger charge is 2.20. The molecule has 3 heteroatoms. The summed E-state index contributed by atoms with van der Waals surface area (Å²) in [5.41, 5.74) is 0.341. The molecule has 1 rings (SSSR count). The zero-order valence-corrected chi connectivity index (χ0v) is 9.76. The van der Waals surface area contributed by atoms with E-state index >= 15 is 0 Å². The van der Waals surface area contributed by atoms with Gasteiger partial charge in [-0.3, -0.25) is 0 Å². The highest BCUT2D eigenvalue weighted by atomic mass is 35.5. The second-order valence-corrected chi connectivity index (χ2v) is 4.12. The van der Waals surface area contributed by atoms with Crippen LogP contribution in [0, 0.1) is 11.7 Å². The van der Waals surface area contributed by atoms with Gasteiger partial charge in [-0.1, -0.05) is 44.4 Å². The van der Waals surface area contributed by atoms with Crippen LogP contribution in [0.4, 0.5) is 4.39 Å². The fourth-order valence-electron chi connectivity index (χ4n) is 1.73. The molecule has 1 aromatic rings. The number of aliphatic hydroxyl groups is 1. The molecule has 0 saturated heterocycles. The second kappa shape index (κ2) is 5.47. The Kier molecular flexibility index (Phi) is 4.55. The van der Waals surface area contributed by atoms with Crippen LogP contribution in [-0.2, 0) is 0 Å². The number of halogens is 2. The maximum absolute atomic E-state index is 13.5. The van der Waals surface area contributed by atoms with Gasteiger partial charge in [-0.2, -0.15) is 0 Å². The van der Waals surface area contributed by atoms with Gasteiger partial charge in [0.15, 0.2) is 0 Å². The molecule has 0 heterocycles. The SMILES string of the molecule is CCC(CC)C(O)c1ccc(Cl)cc1F. The average molecular weight is 231 g/mol. The van der Waals surface area contributed by atoms with Crippen molar-refractivity contribution >= 4 is 11.6 Å². The lowest BCUT2D eigenvalue weighted by Gasteiger charge is -2.20. The van der Waals surface area contributed by atoms with Crippen LogP contribution in [0.1, 0.15) is 38.4 Å². The van der Waals surface area contributed by atoms with Gasteiger partial charge in [0.2, 0.25) is 0 Å². The summed E-state index contributed by atoms with van der Waals surface area (Å²) in [6, 6.07) is 4.40. The molecular formula is C12H16ClFO. The first-order valence-corrected chi connectivity index (χ1v) is 5.60. The van der Waals surface area contributed by atoms with Crippen molar-refractivity contribution in [1.29, 1.82) is 0 Å². The summed E-state index contributed by atoms with van der Waals surface area (Å²) < 4.78 is 13.5. The van der Waals surface area contributed by atoms with Crippen molar-refractivity contribution in [2.45, 2.75) is 32.8 Å². The molecular weight excluding hydrogens is 215 g/mol. The van der Waals surface area contributed by atoms with E-state index in [2.05, 4.69) is 0 Å². The van der Waals surface area contributed by atoms with E-state index in [1.807, 2.05) is 13.8 Å². The molecule has 1 unspecified atom stereocenters. The van der Waals surface area contributed by atoms with E-state index in [1.165, 1.54) is 6.07 Å². The third kappa shape index (κ3) is 2.93. The Labute approximate surface area is 94.9 Å². The van der Waals surface area contributed by atoms with Crippen molar-refractivity contribution < 1.29 is 9.50 Å². The predicted octanol–water partition coefficient (Wildman–Crippen LogP) is 3.95. The van der Waals surface area contributed by atoms with Crippen molar-refractivity contribution in [3.8, 4) is 0 Å². The van der Waals surface area contributed by atoms with Crippen molar-refractivity contribution in [3.63, 3.8) is 0 Å². The van der Waals surface area contributed by atoms with Gasteiger partial charge < -0.3 is 5.11 Å². The monoisotopic (exact) mass is 230 g/mol. The van der Waals surface area contributed by atoms with Crippen LogP contribution in [0.2, 0.25) is 5.02 Å². The minimum absolute atomic E-state index is 0.0978. The Morgan fingerprint density at radius 3 is 2.40 bits per heavy atom. The summed E-state index contributed by atoms with van der Waals surface area (Å²) in [5.74, 6) is -0.331. The van der Waals surface area contributed by atoms with Crippen LogP contribution >= 0.6 is 11.6 Å². The van der Waals surface area contributed by atoms with Gasteiger partial charge in [0.25, 0.3) is 0 Å². The third-order valence-corrected chi connectivity index (χ3v) is 3.01. The van der Waals surface area contributed by atoms with Crippen LogP contribution in [-0.4, -0.2) is 5.11 Å². The number of hydrogen-bond acceptors (Lipinski definition) is 1. The number of benzene rings is 1. The number of aliphatic hydroxyl groups excluding tert-OH is 1. The quantitative estimate of drug-likeness (QED) is 0.831. The normalized spacial score (nSPS) is 13.2. The molecule has 1 N–H and O–H groups in total. The molecule has 0 aromatic heterocycles. The molecule has 0 bridgehead atoms. The highest BCUT2D eigenvalue weighted by Crippen LogP contribution is 2.29. The molecule has 84 valence electrons. The van der Waals surface area contributed by atoms with E-state index < -0.39 is 11.9 Å². The van der Waals surface area contributed by atoms with Gasteiger partial charge in [0.1, 0.15) is 5.82 Å². The zero-order valence-electron chi connectivity index (χ0n) is 9.00. The Bertz CT molecular complexity index is 323. The van der Waals surface area contributed by atoms with E-state index in [1.54, 1.807) is 12.1 Å². The molecule has 1 aromatic carbocycles. The maximum Gasteiger partial charge on any atom is 0.130 e. The first-order valence-electron chi connectivity index (χ1n) is 5.23. The molecule has 0 amide bonds. The van der Waals surface area contributed by atoms with Crippen LogP contribution in [0.25, 0.3) is 0 Å². The average Bonchev–Trinajstić information content (AvgIpc) is 2.19. The zero-order chi connectivity index (χ0) is 11.4. The summed E-state index contributed by atoms with van der Waals surface area (Å²) >= 11 is 5.65. The van der Waals surface area contributed by atoms with Crippen LogP contribution in [0.15, 0.2) is 18.2 Å². The fourth-order valence-corrected chi connectivity index (χ4v) is 1.89. The van der Waals surface area contributed by atoms with Crippen LogP contribution < -0.4 is 0 Å². The molecule has 0 aliphatic heterocycles. The van der Waals surface area contributed by atoms with E-state index in [9.17, 15) is 9.50 Å². The summed E-state index contributed by atoms with van der Waals surface area (Å²) in [7, 11) is 0. The Balaban J connectivity index is 2.94. The molecule has 0 aliphatic carbocycles. The Hall–Kier alpha value is -0.600. The van der Waals surface area contributed by atoms with E-state index in [0.29, 0.717) is 10.6 Å². The lowest BCUT2D eigenvalue weighted by atomic mass is 9.91. The Morgan fingerprint density at radius 2 is 1.93 bits per heavy atom. The minimum atomic E-state index is -0.739. The predicted molar refractivity (Wildman–Crippen MR) is 60.4 cm³/mol. The lowest BCUT2D eigenvalue weighted by molar-refractivity contribution is 0.0996. The summed E-state index contributed by atoms with van der Waals surface area (Å²) in [4.78, 5) is 0. The van der Waals surface area contributed by atoms with E-state index in [-0.39, 0.29) is 5.92 Å². The first-order chi connectivity index (χ1) is 7.10. The van der Waals surface area contributed by atoms with Crippen molar-refractivity contribution in [1.82, 2.24) is 0 Å². The van der Waals surface area contributed by atoms with Crippen molar-refractivity contribution in [3.05, 3.63) is 34.6 Å². The third-order valence-electron chi connectivity index (χ3n) is 2.78. The maximum atomic E-state index is 13.5.